The van der Waals surface area contributed by atoms with Crippen LogP contribution in [0.4, 0.5) is 15.9 Å². The van der Waals surface area contributed by atoms with Crippen LogP contribution in [0.3, 0.4) is 0 Å². The average molecular weight is 370 g/mol. The first kappa shape index (κ1) is 18.1. The van der Waals surface area contributed by atoms with Crippen LogP contribution in [-0.4, -0.2) is 28.2 Å². The van der Waals surface area contributed by atoms with Crippen LogP contribution in [0.2, 0.25) is 0 Å². The van der Waals surface area contributed by atoms with Gasteiger partial charge < -0.3 is 10.6 Å². The Kier molecular flexibility index (Phi) is 6.01. The molecule has 1 aromatic heterocycles. The summed E-state index contributed by atoms with van der Waals surface area (Å²) in [5.74, 6) is 0.897. The first-order valence-corrected chi connectivity index (χ1v) is 9.33. The number of carbonyl (C=O) groups is 1. The van der Waals surface area contributed by atoms with E-state index in [1.807, 2.05) is 31.2 Å². The topological polar surface area (TPSA) is 66.9 Å². The first-order valence-electron chi connectivity index (χ1n) is 8.34. The van der Waals surface area contributed by atoms with Crippen LogP contribution in [0.15, 0.2) is 53.7 Å². The van der Waals surface area contributed by atoms with Gasteiger partial charge in [-0.25, -0.2) is 14.4 Å². The highest BCUT2D eigenvalue weighted by molar-refractivity contribution is 7.99. The van der Waals surface area contributed by atoms with E-state index in [1.165, 1.54) is 36.0 Å². The third-order valence-corrected chi connectivity index (χ3v) is 4.46. The second-order valence-electron chi connectivity index (χ2n) is 5.56. The molecule has 0 bridgehead atoms. The molecule has 0 spiro atoms. The summed E-state index contributed by atoms with van der Waals surface area (Å²) >= 11 is 1.43. The number of amides is 1. The van der Waals surface area contributed by atoms with E-state index in [0.29, 0.717) is 23.0 Å². The fraction of sp³-hybridized carbons (Fsp3) is 0.211. The average Bonchev–Trinajstić information content (AvgIpc) is 2.64. The van der Waals surface area contributed by atoms with Gasteiger partial charge in [0, 0.05) is 29.8 Å². The maximum Gasteiger partial charge on any atom is 0.225 e. The number of para-hydroxylation sites is 1. The van der Waals surface area contributed by atoms with E-state index in [0.717, 1.165) is 23.3 Å². The van der Waals surface area contributed by atoms with E-state index >= 15 is 0 Å². The van der Waals surface area contributed by atoms with Gasteiger partial charge in [-0.2, -0.15) is 0 Å². The molecular weight excluding hydrogens is 351 g/mol. The largest absolute Gasteiger partial charge is 0.370 e. The van der Waals surface area contributed by atoms with Crippen LogP contribution >= 0.6 is 11.8 Å². The highest BCUT2D eigenvalue weighted by Gasteiger charge is 2.09. The van der Waals surface area contributed by atoms with Crippen molar-refractivity contribution in [3.05, 3.63) is 54.3 Å². The number of nitrogens with one attached hydrogen (secondary N) is 2. The van der Waals surface area contributed by atoms with Crippen LogP contribution in [-0.2, 0) is 4.79 Å². The van der Waals surface area contributed by atoms with Gasteiger partial charge >= 0.3 is 0 Å². The SMILES string of the molecule is CCNc1nc(SCCC(=O)Nc2ccc(F)cc2)nc2ccccc12. The Morgan fingerprint density at radius 3 is 2.65 bits per heavy atom. The van der Waals surface area contributed by atoms with Crippen molar-refractivity contribution in [2.24, 2.45) is 0 Å². The summed E-state index contributed by atoms with van der Waals surface area (Å²) in [6, 6.07) is 13.5. The summed E-state index contributed by atoms with van der Waals surface area (Å²) in [5.41, 5.74) is 1.45. The quantitative estimate of drug-likeness (QED) is 0.479. The minimum atomic E-state index is -0.330. The summed E-state index contributed by atoms with van der Waals surface area (Å²) in [6.07, 6.45) is 0.314. The lowest BCUT2D eigenvalue weighted by Crippen LogP contribution is -2.12. The molecule has 5 nitrogen and oxygen atoms in total. The molecule has 2 aromatic carbocycles. The van der Waals surface area contributed by atoms with Gasteiger partial charge in [-0.05, 0) is 43.3 Å². The molecule has 3 aromatic rings. The predicted octanol–water partition coefficient (Wildman–Crippen LogP) is 4.32. The van der Waals surface area contributed by atoms with Crippen LogP contribution < -0.4 is 10.6 Å². The molecule has 134 valence electrons. The van der Waals surface area contributed by atoms with Crippen molar-refractivity contribution in [3.63, 3.8) is 0 Å². The Morgan fingerprint density at radius 2 is 1.88 bits per heavy atom. The summed E-state index contributed by atoms with van der Waals surface area (Å²) in [5, 5.41) is 7.61. The van der Waals surface area contributed by atoms with Gasteiger partial charge in [-0.3, -0.25) is 4.79 Å². The number of thioether (sulfide) groups is 1. The Morgan fingerprint density at radius 1 is 1.12 bits per heavy atom. The monoisotopic (exact) mass is 370 g/mol. The van der Waals surface area contributed by atoms with Gasteiger partial charge in [0.05, 0.1) is 5.52 Å². The number of hydrogen-bond acceptors (Lipinski definition) is 5. The standard InChI is InChI=1S/C19H19FN4OS/c1-2-21-18-15-5-3-4-6-16(15)23-19(24-18)26-12-11-17(25)22-14-9-7-13(20)8-10-14/h3-10H,2,11-12H2,1H3,(H,22,25)(H,21,23,24). The molecule has 0 aliphatic heterocycles. The van der Waals surface area contributed by atoms with Crippen molar-refractivity contribution in [1.82, 2.24) is 9.97 Å². The third-order valence-electron chi connectivity index (χ3n) is 3.62. The smallest absolute Gasteiger partial charge is 0.225 e. The molecule has 0 fully saturated rings. The zero-order chi connectivity index (χ0) is 18.4. The van der Waals surface area contributed by atoms with Crippen molar-refractivity contribution in [3.8, 4) is 0 Å². The highest BCUT2D eigenvalue weighted by Crippen LogP contribution is 2.24. The Labute approximate surface area is 155 Å². The number of benzene rings is 2. The zero-order valence-corrected chi connectivity index (χ0v) is 15.1. The van der Waals surface area contributed by atoms with Gasteiger partial charge in [0.15, 0.2) is 5.16 Å². The molecule has 0 unspecified atom stereocenters. The van der Waals surface area contributed by atoms with E-state index < -0.39 is 0 Å². The lowest BCUT2D eigenvalue weighted by Gasteiger charge is -2.09. The summed E-state index contributed by atoms with van der Waals surface area (Å²) < 4.78 is 12.9. The number of anilines is 2. The molecule has 0 aliphatic carbocycles. The lowest BCUT2D eigenvalue weighted by atomic mass is 10.2. The van der Waals surface area contributed by atoms with Crippen LogP contribution in [0.25, 0.3) is 10.9 Å². The van der Waals surface area contributed by atoms with Gasteiger partial charge in [-0.1, -0.05) is 23.9 Å². The van der Waals surface area contributed by atoms with E-state index in [4.69, 9.17) is 0 Å². The number of aromatic nitrogens is 2. The normalized spacial score (nSPS) is 10.7. The molecule has 1 amide bonds. The van der Waals surface area contributed by atoms with Crippen LogP contribution in [0.5, 0.6) is 0 Å². The summed E-state index contributed by atoms with van der Waals surface area (Å²) in [6.45, 7) is 2.79. The number of nitrogens with zero attached hydrogens (tertiary/aromatic N) is 2. The number of halogens is 1. The van der Waals surface area contributed by atoms with E-state index in [-0.39, 0.29) is 11.7 Å². The van der Waals surface area contributed by atoms with E-state index in [1.54, 1.807) is 0 Å². The van der Waals surface area contributed by atoms with Crippen LogP contribution in [0.1, 0.15) is 13.3 Å². The summed E-state index contributed by atoms with van der Waals surface area (Å²) in [4.78, 5) is 21.1. The van der Waals surface area contributed by atoms with Crippen molar-refractivity contribution < 1.29 is 9.18 Å². The van der Waals surface area contributed by atoms with Gasteiger partial charge in [-0.15, -0.1) is 0 Å². The molecule has 0 radical (unpaired) electrons. The molecule has 0 aliphatic rings. The summed E-state index contributed by atoms with van der Waals surface area (Å²) in [7, 11) is 0. The first-order chi connectivity index (χ1) is 12.7. The number of fused-ring (bicyclic) bond motifs is 1. The molecular formula is C19H19FN4OS. The van der Waals surface area contributed by atoms with Gasteiger partial charge in [0.2, 0.25) is 5.91 Å². The molecule has 26 heavy (non-hydrogen) atoms. The molecule has 1 heterocycles. The molecule has 0 saturated heterocycles. The fourth-order valence-electron chi connectivity index (χ4n) is 2.41. The molecule has 3 rings (SSSR count). The second kappa shape index (κ2) is 8.62. The Bertz CT molecular complexity index is 902. The maximum absolute atomic E-state index is 12.9. The van der Waals surface area contributed by atoms with E-state index in [2.05, 4.69) is 20.6 Å². The number of carbonyl (C=O) groups excluding carboxylic acids is 1. The molecule has 7 heteroatoms. The second-order valence-corrected chi connectivity index (χ2v) is 6.62. The van der Waals surface area contributed by atoms with Crippen molar-refractivity contribution in [2.45, 2.75) is 18.5 Å². The van der Waals surface area contributed by atoms with Crippen molar-refractivity contribution in [1.29, 1.82) is 0 Å². The zero-order valence-electron chi connectivity index (χ0n) is 14.3. The minimum Gasteiger partial charge on any atom is -0.370 e. The Hall–Kier alpha value is -2.67. The number of hydrogen-bond donors (Lipinski definition) is 2. The maximum atomic E-state index is 12.9. The van der Waals surface area contributed by atoms with Crippen LogP contribution in [0, 0.1) is 5.82 Å². The number of rotatable bonds is 7. The fourth-order valence-corrected chi connectivity index (χ4v) is 3.20. The minimum absolute atomic E-state index is 0.128. The molecule has 2 N–H and O–H groups in total. The highest BCUT2D eigenvalue weighted by atomic mass is 32.2. The van der Waals surface area contributed by atoms with Crippen molar-refractivity contribution >= 4 is 40.1 Å². The lowest BCUT2D eigenvalue weighted by molar-refractivity contribution is -0.115. The van der Waals surface area contributed by atoms with Gasteiger partial charge in [0.25, 0.3) is 0 Å². The molecule has 0 atom stereocenters. The van der Waals surface area contributed by atoms with Crippen molar-refractivity contribution in [2.75, 3.05) is 22.9 Å². The predicted molar refractivity (Wildman–Crippen MR) is 104 cm³/mol. The third kappa shape index (κ3) is 4.70. The van der Waals surface area contributed by atoms with Gasteiger partial charge in [0.1, 0.15) is 11.6 Å². The molecule has 0 saturated carbocycles. The Balaban J connectivity index is 1.60. The van der Waals surface area contributed by atoms with E-state index in [9.17, 15) is 9.18 Å².